The maximum atomic E-state index is 11.7. The minimum Gasteiger partial charge on any atom is -0.479 e. The second kappa shape index (κ2) is 10.9. The van der Waals surface area contributed by atoms with Gasteiger partial charge >= 0.3 is 5.97 Å². The highest BCUT2D eigenvalue weighted by atomic mass is 16.8. The zero-order valence-corrected chi connectivity index (χ0v) is 17.8. The van der Waals surface area contributed by atoms with Gasteiger partial charge in [-0.25, -0.2) is 4.79 Å². The Morgan fingerprint density at radius 2 is 1.24 bits per heavy atom. The van der Waals surface area contributed by atoms with Gasteiger partial charge in [-0.15, -0.1) is 0 Å². The summed E-state index contributed by atoms with van der Waals surface area (Å²) in [4.78, 5) is 11.7. The van der Waals surface area contributed by atoms with Gasteiger partial charge in [0.1, 0.15) is 61.0 Å². The lowest BCUT2D eigenvalue weighted by atomic mass is 9.96. The van der Waals surface area contributed by atoms with Gasteiger partial charge < -0.3 is 74.7 Å². The lowest BCUT2D eigenvalue weighted by Crippen LogP contribution is -2.66. The normalized spacial score (nSPS) is 52.4. The summed E-state index contributed by atoms with van der Waals surface area (Å²) in [5.41, 5.74) is 0. The molecular weight excluding hydrogens is 472 g/mol. The lowest BCUT2D eigenvalue weighted by molar-refractivity contribution is -0.377. The first-order chi connectivity index (χ1) is 15.9. The van der Waals surface area contributed by atoms with Gasteiger partial charge in [-0.1, -0.05) is 0 Å². The van der Waals surface area contributed by atoms with E-state index in [9.17, 15) is 55.9 Å². The number of hydrogen-bond donors (Lipinski definition) is 10. The van der Waals surface area contributed by atoms with E-state index in [1.807, 2.05) is 0 Å². The van der Waals surface area contributed by atoms with Gasteiger partial charge in [0.05, 0.1) is 12.7 Å². The van der Waals surface area contributed by atoms with E-state index in [0.29, 0.717) is 0 Å². The van der Waals surface area contributed by atoms with Crippen LogP contribution in [0.2, 0.25) is 0 Å². The summed E-state index contributed by atoms with van der Waals surface area (Å²) in [6.07, 6.45) is -26.4. The number of carboxylic acids is 1. The number of aliphatic hydroxyl groups is 9. The van der Waals surface area contributed by atoms with Crippen LogP contribution in [0.1, 0.15) is 6.92 Å². The molecule has 15 atom stereocenters. The molecule has 0 aromatic rings. The minimum absolute atomic E-state index is 0.785. The van der Waals surface area contributed by atoms with Crippen molar-refractivity contribution in [1.29, 1.82) is 0 Å². The molecule has 3 rings (SSSR count). The summed E-state index contributed by atoms with van der Waals surface area (Å²) in [6.45, 7) is 0.556. The molecule has 0 unspecified atom stereocenters. The predicted octanol–water partition coefficient (Wildman–Crippen LogP) is -6.45. The highest BCUT2D eigenvalue weighted by Crippen LogP contribution is 2.32. The average molecular weight is 502 g/mol. The molecule has 0 bridgehead atoms. The van der Waals surface area contributed by atoms with Crippen LogP contribution in [0.15, 0.2) is 0 Å². The molecule has 3 fully saturated rings. The van der Waals surface area contributed by atoms with E-state index >= 15 is 0 Å². The molecule has 0 saturated carbocycles. The number of ether oxygens (including phenoxy) is 5. The number of rotatable bonds is 6. The fourth-order valence-electron chi connectivity index (χ4n) is 3.95. The third-order valence-corrected chi connectivity index (χ3v) is 6.02. The van der Waals surface area contributed by atoms with Crippen LogP contribution in [0, 0.1) is 0 Å². The Bertz CT molecular complexity index is 693. The second-order valence-electron chi connectivity index (χ2n) is 8.36. The molecular formula is C18H30O16. The van der Waals surface area contributed by atoms with Crippen LogP contribution in [-0.4, -0.2) is 156 Å². The monoisotopic (exact) mass is 502 g/mol. The summed E-state index contributed by atoms with van der Waals surface area (Å²) >= 11 is 0. The first kappa shape index (κ1) is 27.5. The topological polar surface area (TPSA) is 266 Å². The van der Waals surface area contributed by atoms with Crippen molar-refractivity contribution in [3.63, 3.8) is 0 Å². The zero-order valence-electron chi connectivity index (χ0n) is 17.8. The predicted molar refractivity (Wildman–Crippen MR) is 100 cm³/mol. The Kier molecular flexibility index (Phi) is 8.81. The van der Waals surface area contributed by atoms with Gasteiger partial charge in [0.15, 0.2) is 25.0 Å². The van der Waals surface area contributed by atoms with Crippen LogP contribution in [0.4, 0.5) is 0 Å². The van der Waals surface area contributed by atoms with Crippen molar-refractivity contribution in [2.24, 2.45) is 0 Å². The molecule has 0 spiro atoms. The van der Waals surface area contributed by atoms with E-state index in [4.69, 9.17) is 23.7 Å². The molecule has 3 aliphatic heterocycles. The summed E-state index contributed by atoms with van der Waals surface area (Å²) in [7, 11) is 0. The zero-order chi connectivity index (χ0) is 25.5. The average Bonchev–Trinajstić information content (AvgIpc) is 2.79. The largest absolute Gasteiger partial charge is 0.479 e. The highest BCUT2D eigenvalue weighted by molar-refractivity contribution is 5.73. The number of carbonyl (C=O) groups is 1. The number of aliphatic carboxylic acids is 1. The van der Waals surface area contributed by atoms with Gasteiger partial charge in [0, 0.05) is 0 Å². The van der Waals surface area contributed by atoms with Crippen LogP contribution in [-0.2, 0) is 28.5 Å². The van der Waals surface area contributed by atoms with E-state index in [1.54, 1.807) is 0 Å². The van der Waals surface area contributed by atoms with Crippen molar-refractivity contribution in [3.05, 3.63) is 0 Å². The Morgan fingerprint density at radius 1 is 0.706 bits per heavy atom. The van der Waals surface area contributed by atoms with Crippen molar-refractivity contribution in [2.75, 3.05) is 6.61 Å². The maximum Gasteiger partial charge on any atom is 0.335 e. The van der Waals surface area contributed by atoms with E-state index in [-0.39, 0.29) is 0 Å². The molecule has 0 amide bonds. The third kappa shape index (κ3) is 5.20. The smallest absolute Gasteiger partial charge is 0.335 e. The molecule has 0 aliphatic carbocycles. The third-order valence-electron chi connectivity index (χ3n) is 6.02. The standard InChI is InChI=1S/C18H30O16/c1-3-5(20)7(22)9(24)17(30-3)33-12-11(26)13(16(29)32-14(12)15(27)28)34-18-10(25)8(23)6(21)4(2-19)31-18/h3-14,16-26,29H,2H2,1H3,(H,27,28)/t3-,4+,5-,6-,7+,8-,9+,10+,11-,12-,13+,14-,16+,17-,18-/m0/s1. The maximum absolute atomic E-state index is 11.7. The molecule has 16 nitrogen and oxygen atoms in total. The van der Waals surface area contributed by atoms with Crippen molar-refractivity contribution in [3.8, 4) is 0 Å². The van der Waals surface area contributed by atoms with Crippen molar-refractivity contribution in [2.45, 2.75) is 99.0 Å². The SMILES string of the molecule is C[C@@H]1O[C@@H](O[C@H]2[C@H](O)[C@@H](O[C@@H]3O[C@H](CO)[C@H](O)[C@H](O)[C@H]3O)[C@H](O)O[C@@H]2C(=O)O)[C@H](O)[C@H](O)[C@H]1O. The lowest BCUT2D eigenvalue weighted by Gasteiger charge is -2.47. The fraction of sp³-hybridized carbons (Fsp3) is 0.944. The number of aliphatic hydroxyl groups excluding tert-OH is 9. The van der Waals surface area contributed by atoms with Crippen molar-refractivity contribution in [1.82, 2.24) is 0 Å². The Hall–Kier alpha value is -1.09. The molecule has 3 saturated heterocycles. The molecule has 16 heteroatoms. The van der Waals surface area contributed by atoms with Gasteiger partial charge in [0.2, 0.25) is 0 Å². The van der Waals surface area contributed by atoms with Crippen LogP contribution in [0.3, 0.4) is 0 Å². The molecule has 3 aliphatic rings. The first-order valence-electron chi connectivity index (χ1n) is 10.4. The van der Waals surface area contributed by atoms with Crippen molar-refractivity contribution < 1.29 is 79.5 Å². The van der Waals surface area contributed by atoms with Crippen LogP contribution in [0.5, 0.6) is 0 Å². The molecule has 3 heterocycles. The van der Waals surface area contributed by atoms with Crippen LogP contribution in [0.25, 0.3) is 0 Å². The van der Waals surface area contributed by atoms with E-state index < -0.39 is 105 Å². The van der Waals surface area contributed by atoms with Gasteiger partial charge in [-0.05, 0) is 6.92 Å². The molecule has 10 N–H and O–H groups in total. The van der Waals surface area contributed by atoms with Gasteiger partial charge in [0.25, 0.3) is 0 Å². The minimum atomic E-state index is -2.12. The summed E-state index contributed by atoms with van der Waals surface area (Å²) < 4.78 is 26.1. The van der Waals surface area contributed by atoms with E-state index in [2.05, 4.69) is 0 Å². The van der Waals surface area contributed by atoms with E-state index in [1.165, 1.54) is 6.92 Å². The molecule has 0 aromatic carbocycles. The van der Waals surface area contributed by atoms with E-state index in [0.717, 1.165) is 0 Å². The Morgan fingerprint density at radius 3 is 1.79 bits per heavy atom. The molecule has 0 radical (unpaired) electrons. The summed E-state index contributed by atoms with van der Waals surface area (Å²) in [5, 5.41) is 99.5. The van der Waals surface area contributed by atoms with Crippen LogP contribution >= 0.6 is 0 Å². The molecule has 0 aromatic heterocycles. The highest BCUT2D eigenvalue weighted by Gasteiger charge is 2.54. The first-order valence-corrected chi connectivity index (χ1v) is 10.4. The molecule has 198 valence electrons. The van der Waals surface area contributed by atoms with Crippen LogP contribution < -0.4 is 0 Å². The number of carboxylic acid groups (broad SMARTS) is 1. The second-order valence-corrected chi connectivity index (χ2v) is 8.36. The quantitative estimate of drug-likeness (QED) is 0.162. The molecule has 34 heavy (non-hydrogen) atoms. The van der Waals surface area contributed by atoms with Gasteiger partial charge in [-0.2, -0.15) is 0 Å². The Labute approximate surface area is 192 Å². The Balaban J connectivity index is 1.79. The summed E-state index contributed by atoms with van der Waals surface area (Å²) in [6, 6.07) is 0. The summed E-state index contributed by atoms with van der Waals surface area (Å²) in [5.74, 6) is -1.69. The number of hydrogen-bond acceptors (Lipinski definition) is 15. The fourth-order valence-corrected chi connectivity index (χ4v) is 3.95. The van der Waals surface area contributed by atoms with Gasteiger partial charge in [-0.3, -0.25) is 0 Å². The van der Waals surface area contributed by atoms with Crippen molar-refractivity contribution >= 4 is 5.97 Å².